The molecule has 0 aliphatic carbocycles. The second-order valence-electron chi connectivity index (χ2n) is 5.21. The van der Waals surface area contributed by atoms with Crippen LogP contribution in [0.2, 0.25) is 0 Å². The number of aryl methyl sites for hydroxylation is 1. The normalized spacial score (nSPS) is 11.6. The van der Waals surface area contributed by atoms with Crippen LogP contribution in [0, 0.1) is 18.3 Å². The molecule has 0 aromatic heterocycles. The molecule has 25 heavy (non-hydrogen) atoms. The van der Waals surface area contributed by atoms with Gasteiger partial charge in [0.1, 0.15) is 11.6 Å². The standard InChI is InChI=1S/C18H14F3N3O/c1-12-2-6-16(7-3-12)24-17(25)13(10-22)11-23-15-8-4-14(5-9-15)18(19,20)21/h2-9,11,23H,1H3,(H,24,25)/b13-11-. The van der Waals surface area contributed by atoms with Crippen LogP contribution in [0.5, 0.6) is 0 Å². The summed E-state index contributed by atoms with van der Waals surface area (Å²) in [7, 11) is 0. The smallest absolute Gasteiger partial charge is 0.360 e. The van der Waals surface area contributed by atoms with E-state index in [1.165, 1.54) is 12.1 Å². The molecule has 0 aliphatic rings. The number of halogens is 3. The minimum atomic E-state index is -4.42. The van der Waals surface area contributed by atoms with Gasteiger partial charge in [0.2, 0.25) is 0 Å². The first-order chi connectivity index (χ1) is 11.8. The fourth-order valence-corrected chi connectivity index (χ4v) is 1.89. The first-order valence-corrected chi connectivity index (χ1v) is 7.21. The second kappa shape index (κ2) is 7.53. The lowest BCUT2D eigenvalue weighted by Crippen LogP contribution is -2.14. The van der Waals surface area contributed by atoms with Gasteiger partial charge in [-0.15, -0.1) is 0 Å². The van der Waals surface area contributed by atoms with Crippen LogP contribution in [0.3, 0.4) is 0 Å². The van der Waals surface area contributed by atoms with E-state index < -0.39 is 17.6 Å². The summed E-state index contributed by atoms with van der Waals surface area (Å²) in [6.07, 6.45) is -3.27. The van der Waals surface area contributed by atoms with E-state index in [-0.39, 0.29) is 5.57 Å². The highest BCUT2D eigenvalue weighted by atomic mass is 19.4. The van der Waals surface area contributed by atoms with E-state index in [1.54, 1.807) is 18.2 Å². The van der Waals surface area contributed by atoms with Gasteiger partial charge in [-0.2, -0.15) is 18.4 Å². The van der Waals surface area contributed by atoms with Crippen molar-refractivity contribution in [3.05, 3.63) is 71.4 Å². The summed E-state index contributed by atoms with van der Waals surface area (Å²) >= 11 is 0. The maximum Gasteiger partial charge on any atom is 0.416 e. The van der Waals surface area contributed by atoms with E-state index in [2.05, 4.69) is 10.6 Å². The molecule has 0 spiro atoms. The number of benzene rings is 2. The van der Waals surface area contributed by atoms with Crippen LogP contribution in [-0.4, -0.2) is 5.91 Å². The molecule has 0 radical (unpaired) electrons. The number of alkyl halides is 3. The van der Waals surface area contributed by atoms with Gasteiger partial charge in [0.15, 0.2) is 0 Å². The zero-order valence-electron chi connectivity index (χ0n) is 13.2. The SMILES string of the molecule is Cc1ccc(NC(=O)/C(C#N)=C\Nc2ccc(C(F)(F)F)cc2)cc1. The van der Waals surface area contributed by atoms with Crippen LogP contribution < -0.4 is 10.6 Å². The average Bonchev–Trinajstić information content (AvgIpc) is 2.57. The number of carbonyl (C=O) groups excluding carboxylic acids is 1. The quantitative estimate of drug-likeness (QED) is 0.635. The fraction of sp³-hybridized carbons (Fsp3) is 0.111. The monoisotopic (exact) mass is 345 g/mol. The Morgan fingerprint density at radius 1 is 1.04 bits per heavy atom. The van der Waals surface area contributed by atoms with E-state index in [9.17, 15) is 18.0 Å². The van der Waals surface area contributed by atoms with Crippen molar-refractivity contribution in [3.63, 3.8) is 0 Å². The number of carbonyl (C=O) groups is 1. The summed E-state index contributed by atoms with van der Waals surface area (Å²) in [6, 6.07) is 13.0. The van der Waals surface area contributed by atoms with Gasteiger partial charge in [0.25, 0.3) is 5.91 Å². The third-order valence-corrected chi connectivity index (χ3v) is 3.27. The number of hydrogen-bond donors (Lipinski definition) is 2. The number of hydrogen-bond acceptors (Lipinski definition) is 3. The Morgan fingerprint density at radius 3 is 2.12 bits per heavy atom. The summed E-state index contributed by atoms with van der Waals surface area (Å²) in [5, 5.41) is 14.3. The first kappa shape index (κ1) is 18.1. The van der Waals surface area contributed by atoms with E-state index in [0.717, 1.165) is 23.9 Å². The van der Waals surface area contributed by atoms with Crippen molar-refractivity contribution < 1.29 is 18.0 Å². The first-order valence-electron chi connectivity index (χ1n) is 7.21. The molecule has 0 saturated heterocycles. The molecule has 0 fully saturated rings. The predicted octanol–water partition coefficient (Wildman–Crippen LogP) is 4.47. The number of nitrogens with zero attached hydrogens (tertiary/aromatic N) is 1. The van der Waals surface area contributed by atoms with E-state index in [1.807, 2.05) is 19.1 Å². The fourth-order valence-electron chi connectivity index (χ4n) is 1.89. The van der Waals surface area contributed by atoms with Crippen molar-refractivity contribution in [2.45, 2.75) is 13.1 Å². The Morgan fingerprint density at radius 2 is 1.60 bits per heavy atom. The van der Waals surface area contributed by atoms with Crippen LogP contribution in [0.1, 0.15) is 11.1 Å². The van der Waals surface area contributed by atoms with Crippen LogP contribution in [0.25, 0.3) is 0 Å². The Balaban J connectivity index is 2.05. The molecule has 0 saturated carbocycles. The molecule has 0 unspecified atom stereocenters. The van der Waals surface area contributed by atoms with Crippen molar-refractivity contribution in [2.75, 3.05) is 10.6 Å². The van der Waals surface area contributed by atoms with Gasteiger partial charge in [-0.3, -0.25) is 4.79 Å². The summed E-state index contributed by atoms with van der Waals surface area (Å²) < 4.78 is 37.5. The molecule has 0 bridgehead atoms. The summed E-state index contributed by atoms with van der Waals surface area (Å²) in [5.41, 5.74) is 0.897. The molecule has 0 atom stereocenters. The lowest BCUT2D eigenvalue weighted by Gasteiger charge is -2.08. The maximum absolute atomic E-state index is 12.5. The zero-order chi connectivity index (χ0) is 18.4. The molecule has 2 aromatic rings. The molecule has 4 nitrogen and oxygen atoms in total. The topological polar surface area (TPSA) is 64.9 Å². The third-order valence-electron chi connectivity index (χ3n) is 3.27. The Hall–Kier alpha value is -3.27. The molecular weight excluding hydrogens is 331 g/mol. The largest absolute Gasteiger partial charge is 0.416 e. The van der Waals surface area contributed by atoms with Gasteiger partial charge in [-0.1, -0.05) is 17.7 Å². The van der Waals surface area contributed by atoms with Gasteiger partial charge >= 0.3 is 6.18 Å². The Labute approximate surface area is 142 Å². The minimum Gasteiger partial charge on any atom is -0.360 e. The highest BCUT2D eigenvalue weighted by Crippen LogP contribution is 2.29. The van der Waals surface area contributed by atoms with E-state index in [4.69, 9.17) is 5.26 Å². The van der Waals surface area contributed by atoms with Gasteiger partial charge < -0.3 is 10.6 Å². The highest BCUT2D eigenvalue weighted by molar-refractivity contribution is 6.06. The molecule has 2 rings (SSSR count). The van der Waals surface area contributed by atoms with Gasteiger partial charge in [-0.05, 0) is 43.3 Å². The minimum absolute atomic E-state index is 0.208. The number of rotatable bonds is 4. The average molecular weight is 345 g/mol. The Bertz CT molecular complexity index is 817. The zero-order valence-corrected chi connectivity index (χ0v) is 13.2. The molecular formula is C18H14F3N3O. The highest BCUT2D eigenvalue weighted by Gasteiger charge is 2.29. The van der Waals surface area contributed by atoms with Gasteiger partial charge in [0.05, 0.1) is 5.56 Å². The molecule has 128 valence electrons. The van der Waals surface area contributed by atoms with Crippen LogP contribution in [0.4, 0.5) is 24.5 Å². The Kier molecular flexibility index (Phi) is 5.45. The lowest BCUT2D eigenvalue weighted by atomic mass is 10.2. The summed E-state index contributed by atoms with van der Waals surface area (Å²) in [5.74, 6) is -0.620. The van der Waals surface area contributed by atoms with Crippen molar-refractivity contribution in [1.82, 2.24) is 0 Å². The van der Waals surface area contributed by atoms with Crippen molar-refractivity contribution in [1.29, 1.82) is 5.26 Å². The molecule has 1 amide bonds. The predicted molar refractivity (Wildman–Crippen MR) is 88.6 cm³/mol. The number of anilines is 2. The van der Waals surface area contributed by atoms with Crippen molar-refractivity contribution in [2.24, 2.45) is 0 Å². The van der Waals surface area contributed by atoms with Gasteiger partial charge in [-0.25, -0.2) is 0 Å². The van der Waals surface area contributed by atoms with Gasteiger partial charge in [0, 0.05) is 17.6 Å². The number of nitrogens with one attached hydrogen (secondary N) is 2. The van der Waals surface area contributed by atoms with Crippen LogP contribution >= 0.6 is 0 Å². The van der Waals surface area contributed by atoms with E-state index in [0.29, 0.717) is 11.4 Å². The van der Waals surface area contributed by atoms with E-state index >= 15 is 0 Å². The van der Waals surface area contributed by atoms with Crippen LogP contribution in [-0.2, 0) is 11.0 Å². The number of amides is 1. The molecule has 7 heteroatoms. The molecule has 0 heterocycles. The molecule has 2 aromatic carbocycles. The number of nitriles is 1. The van der Waals surface area contributed by atoms with Crippen LogP contribution in [0.15, 0.2) is 60.3 Å². The second-order valence-corrected chi connectivity index (χ2v) is 5.21. The summed E-state index contributed by atoms with van der Waals surface area (Å²) in [4.78, 5) is 12.0. The third kappa shape index (κ3) is 5.11. The maximum atomic E-state index is 12.5. The summed E-state index contributed by atoms with van der Waals surface area (Å²) in [6.45, 7) is 1.90. The molecule has 0 aliphatic heterocycles. The van der Waals surface area contributed by atoms with Crippen molar-refractivity contribution >= 4 is 17.3 Å². The molecule has 2 N–H and O–H groups in total. The lowest BCUT2D eigenvalue weighted by molar-refractivity contribution is -0.137. The van der Waals surface area contributed by atoms with Crippen molar-refractivity contribution in [3.8, 4) is 6.07 Å².